The first-order valence-electron chi connectivity index (χ1n) is 9.57. The van der Waals surface area contributed by atoms with Gasteiger partial charge >= 0.3 is 0 Å². The summed E-state index contributed by atoms with van der Waals surface area (Å²) in [5.41, 5.74) is 3.98. The van der Waals surface area contributed by atoms with Crippen LogP contribution in [0.1, 0.15) is 5.56 Å². The summed E-state index contributed by atoms with van der Waals surface area (Å²) in [7, 11) is 0. The molecule has 0 bridgehead atoms. The van der Waals surface area contributed by atoms with Gasteiger partial charge in [-0.25, -0.2) is 4.98 Å². The summed E-state index contributed by atoms with van der Waals surface area (Å²) in [6.07, 6.45) is 2.74. The molecule has 0 unspecified atom stereocenters. The molecule has 32 heavy (non-hydrogen) atoms. The van der Waals surface area contributed by atoms with E-state index < -0.39 is 10.8 Å². The van der Waals surface area contributed by atoms with E-state index in [2.05, 4.69) is 20.6 Å². The largest absolute Gasteiger partial charge is 0.338 e. The van der Waals surface area contributed by atoms with E-state index in [1.54, 1.807) is 12.1 Å². The van der Waals surface area contributed by atoms with E-state index in [1.807, 2.05) is 48.5 Å². The maximum atomic E-state index is 12.1. The molecule has 0 radical (unpaired) electrons. The van der Waals surface area contributed by atoms with Gasteiger partial charge in [-0.2, -0.15) is 0 Å². The topological polar surface area (TPSA) is 113 Å². The van der Waals surface area contributed by atoms with Crippen molar-refractivity contribution >= 4 is 51.7 Å². The number of benzene rings is 3. The van der Waals surface area contributed by atoms with Gasteiger partial charge in [0.15, 0.2) is 5.11 Å². The lowest BCUT2D eigenvalue weighted by molar-refractivity contribution is -0.384. The van der Waals surface area contributed by atoms with Crippen molar-refractivity contribution in [2.75, 3.05) is 5.32 Å². The van der Waals surface area contributed by atoms with E-state index in [0.29, 0.717) is 11.3 Å². The lowest BCUT2D eigenvalue weighted by Crippen LogP contribution is -2.32. The van der Waals surface area contributed by atoms with Crippen LogP contribution in [0, 0.1) is 10.1 Å². The molecular formula is C23H17N5O3S. The maximum absolute atomic E-state index is 12.1. The number of hydrogen-bond donors (Lipinski definition) is 3. The van der Waals surface area contributed by atoms with Crippen LogP contribution < -0.4 is 10.6 Å². The van der Waals surface area contributed by atoms with Gasteiger partial charge in [0, 0.05) is 29.5 Å². The lowest BCUT2D eigenvalue weighted by atomic mass is 10.2. The SMILES string of the molecule is O=C(C=Cc1cccc([N+](=O)[O-])c1)NC(=S)Nc1ccc(-c2nc3ccccc3[nH]2)cc1. The van der Waals surface area contributed by atoms with Crippen LogP contribution in [-0.4, -0.2) is 25.9 Å². The highest BCUT2D eigenvalue weighted by Gasteiger charge is 2.07. The molecule has 0 aliphatic heterocycles. The first-order chi connectivity index (χ1) is 15.5. The van der Waals surface area contributed by atoms with Gasteiger partial charge < -0.3 is 10.3 Å². The number of anilines is 1. The molecule has 0 spiro atoms. The zero-order valence-corrected chi connectivity index (χ0v) is 17.4. The second-order valence-electron chi connectivity index (χ2n) is 6.81. The number of fused-ring (bicyclic) bond motifs is 1. The van der Waals surface area contributed by atoms with Gasteiger partial charge in [0.25, 0.3) is 5.69 Å². The molecule has 1 aromatic heterocycles. The third-order valence-corrected chi connectivity index (χ3v) is 4.75. The van der Waals surface area contributed by atoms with Crippen molar-refractivity contribution in [2.24, 2.45) is 0 Å². The molecule has 0 saturated carbocycles. The Labute approximate surface area is 188 Å². The number of H-pyrrole nitrogens is 1. The quantitative estimate of drug-likeness (QED) is 0.179. The Kier molecular flexibility index (Phi) is 6.00. The molecule has 0 aliphatic rings. The van der Waals surface area contributed by atoms with Gasteiger partial charge in [0.05, 0.1) is 16.0 Å². The highest BCUT2D eigenvalue weighted by molar-refractivity contribution is 7.80. The number of rotatable bonds is 5. The van der Waals surface area contributed by atoms with Crippen LogP contribution in [-0.2, 0) is 4.79 Å². The second-order valence-corrected chi connectivity index (χ2v) is 7.22. The van der Waals surface area contributed by atoms with Crippen LogP contribution in [0.3, 0.4) is 0 Å². The number of thiocarbonyl (C=S) groups is 1. The fraction of sp³-hybridized carbons (Fsp3) is 0. The predicted molar refractivity (Wildman–Crippen MR) is 128 cm³/mol. The summed E-state index contributed by atoms with van der Waals surface area (Å²) >= 11 is 5.18. The summed E-state index contributed by atoms with van der Waals surface area (Å²) < 4.78 is 0. The number of carbonyl (C=O) groups is 1. The number of imidazole rings is 1. The van der Waals surface area contributed by atoms with Crippen LogP contribution in [0.5, 0.6) is 0 Å². The van der Waals surface area contributed by atoms with E-state index in [4.69, 9.17) is 12.2 Å². The number of nitrogens with one attached hydrogen (secondary N) is 3. The molecule has 1 heterocycles. The van der Waals surface area contributed by atoms with Crippen LogP contribution >= 0.6 is 12.2 Å². The Morgan fingerprint density at radius 2 is 1.84 bits per heavy atom. The van der Waals surface area contributed by atoms with Crippen LogP contribution in [0.25, 0.3) is 28.5 Å². The summed E-state index contributed by atoms with van der Waals surface area (Å²) in [6.45, 7) is 0. The van der Waals surface area contributed by atoms with Crippen LogP contribution in [0.2, 0.25) is 0 Å². The third-order valence-electron chi connectivity index (χ3n) is 4.55. The van der Waals surface area contributed by atoms with Crippen LogP contribution in [0.4, 0.5) is 11.4 Å². The van der Waals surface area contributed by atoms with Crippen LogP contribution in [0.15, 0.2) is 78.9 Å². The summed E-state index contributed by atoms with van der Waals surface area (Å²) in [4.78, 5) is 30.3. The first kappa shape index (κ1) is 20.9. The number of non-ortho nitro benzene ring substituents is 1. The van der Waals surface area contributed by atoms with E-state index in [1.165, 1.54) is 24.3 Å². The smallest absolute Gasteiger partial charge is 0.270 e. The van der Waals surface area contributed by atoms with Gasteiger partial charge in [-0.15, -0.1) is 0 Å². The van der Waals surface area contributed by atoms with Gasteiger partial charge in [-0.3, -0.25) is 20.2 Å². The minimum atomic E-state index is -0.490. The summed E-state index contributed by atoms with van der Waals surface area (Å²) in [5, 5.41) is 16.4. The van der Waals surface area contributed by atoms with Gasteiger partial charge in [-0.05, 0) is 60.3 Å². The third kappa shape index (κ3) is 5.02. The highest BCUT2D eigenvalue weighted by Crippen LogP contribution is 2.22. The van der Waals surface area contributed by atoms with Gasteiger partial charge in [0.2, 0.25) is 5.91 Å². The number of aromatic nitrogens is 2. The van der Waals surface area contributed by atoms with Crippen molar-refractivity contribution in [1.82, 2.24) is 15.3 Å². The minimum Gasteiger partial charge on any atom is -0.338 e. The average molecular weight is 443 g/mol. The number of aromatic amines is 1. The van der Waals surface area contributed by atoms with Crippen molar-refractivity contribution in [1.29, 1.82) is 0 Å². The summed E-state index contributed by atoms with van der Waals surface area (Å²) in [6, 6.07) is 21.2. The molecule has 3 aromatic carbocycles. The molecule has 3 N–H and O–H groups in total. The Morgan fingerprint density at radius 3 is 2.59 bits per heavy atom. The number of nitrogens with zero attached hydrogens (tertiary/aromatic N) is 2. The fourth-order valence-electron chi connectivity index (χ4n) is 3.03. The first-order valence-corrected chi connectivity index (χ1v) is 9.98. The Morgan fingerprint density at radius 1 is 1.06 bits per heavy atom. The molecule has 0 aliphatic carbocycles. The number of carbonyl (C=O) groups excluding carboxylic acids is 1. The second kappa shape index (κ2) is 9.19. The van der Waals surface area contributed by atoms with Crippen molar-refractivity contribution in [3.63, 3.8) is 0 Å². The van der Waals surface area contributed by atoms with E-state index in [-0.39, 0.29) is 10.8 Å². The van der Waals surface area contributed by atoms with Crippen molar-refractivity contribution in [3.8, 4) is 11.4 Å². The number of amides is 1. The number of hydrogen-bond acceptors (Lipinski definition) is 5. The lowest BCUT2D eigenvalue weighted by Gasteiger charge is -2.08. The van der Waals surface area contributed by atoms with E-state index in [0.717, 1.165) is 22.4 Å². The molecule has 9 heteroatoms. The predicted octanol–water partition coefficient (Wildman–Crippen LogP) is 4.66. The Bertz CT molecular complexity index is 1310. The van der Waals surface area contributed by atoms with Crippen molar-refractivity contribution in [3.05, 3.63) is 94.6 Å². The molecule has 0 saturated heterocycles. The number of para-hydroxylation sites is 2. The standard InChI is InChI=1S/C23H17N5O3S/c29-21(13-8-15-4-3-5-18(14-15)28(30)31)27-23(32)24-17-11-9-16(10-12-17)22-25-19-6-1-2-7-20(19)26-22/h1-14H,(H,25,26)(H2,24,27,29,32). The zero-order valence-electron chi connectivity index (χ0n) is 16.6. The maximum Gasteiger partial charge on any atom is 0.270 e. The molecule has 4 rings (SSSR count). The normalized spacial score (nSPS) is 10.9. The van der Waals surface area contributed by atoms with Gasteiger partial charge in [0.1, 0.15) is 5.82 Å². The molecular weight excluding hydrogens is 426 g/mol. The number of nitro groups is 1. The van der Waals surface area contributed by atoms with E-state index in [9.17, 15) is 14.9 Å². The Hall–Kier alpha value is -4.37. The van der Waals surface area contributed by atoms with Crippen molar-refractivity contribution in [2.45, 2.75) is 0 Å². The van der Waals surface area contributed by atoms with E-state index >= 15 is 0 Å². The molecule has 0 fully saturated rings. The highest BCUT2D eigenvalue weighted by atomic mass is 32.1. The zero-order chi connectivity index (χ0) is 22.5. The van der Waals surface area contributed by atoms with Crippen molar-refractivity contribution < 1.29 is 9.72 Å². The Balaban J connectivity index is 1.35. The fourth-order valence-corrected chi connectivity index (χ4v) is 3.25. The number of nitro benzene ring substituents is 1. The molecule has 158 valence electrons. The summed E-state index contributed by atoms with van der Waals surface area (Å²) in [5.74, 6) is 0.313. The average Bonchev–Trinajstić information content (AvgIpc) is 3.22. The van der Waals surface area contributed by atoms with Gasteiger partial charge in [-0.1, -0.05) is 24.3 Å². The monoisotopic (exact) mass is 443 g/mol. The molecule has 8 nitrogen and oxygen atoms in total. The minimum absolute atomic E-state index is 0.0455. The molecule has 4 aromatic rings. The molecule has 1 amide bonds. The molecule has 0 atom stereocenters.